The van der Waals surface area contributed by atoms with Crippen LogP contribution in [0.15, 0.2) is 150 Å². The molecule has 0 unspecified atom stereocenters. The number of hydrogen-bond donors (Lipinski definition) is 0. The summed E-state index contributed by atoms with van der Waals surface area (Å²) in [5.41, 5.74) is 9.72. The maximum Gasteiger partial charge on any atom is 0.121 e. The Kier molecular flexibility index (Phi) is 9.37. The minimum atomic E-state index is -2.66. The fraction of sp³-hybridized carbons (Fsp3) is 0.219. The summed E-state index contributed by atoms with van der Waals surface area (Å²) >= 11 is 0. The van der Waals surface area contributed by atoms with Crippen LogP contribution in [0.2, 0.25) is 0 Å². The average Bonchev–Trinajstić information content (AvgIpc) is 4.08. The van der Waals surface area contributed by atoms with Gasteiger partial charge in [0, 0.05) is 53.8 Å². The average molecular weight is 1090 g/mol. The Labute approximate surface area is 437 Å². The van der Waals surface area contributed by atoms with Gasteiger partial charge in [0.05, 0.1) is 22.4 Å². The summed E-state index contributed by atoms with van der Waals surface area (Å²) in [5, 5.41) is 5.67. The monoisotopic (exact) mass is 1090 g/mol. The van der Waals surface area contributed by atoms with Crippen molar-refractivity contribution in [1.29, 1.82) is 0 Å². The third kappa shape index (κ3) is 8.73. The second kappa shape index (κ2) is 18.7. The molecule has 0 saturated carbocycles. The number of imidazole rings is 1. The van der Waals surface area contributed by atoms with Crippen LogP contribution in [0.5, 0.6) is 0 Å². The molecule has 0 aliphatic carbocycles. The maximum absolute atomic E-state index is 8.57. The first kappa shape index (κ1) is 34.6. The van der Waals surface area contributed by atoms with Crippen molar-refractivity contribution in [3.8, 4) is 39.5 Å². The molecule has 4 nitrogen and oxygen atoms in total. The zero-order chi connectivity index (χ0) is 57.6. The Morgan fingerprint density at radius 2 is 1.36 bits per heavy atom. The van der Waals surface area contributed by atoms with E-state index < -0.39 is 32.8 Å². The van der Waals surface area contributed by atoms with Crippen molar-refractivity contribution in [3.63, 3.8) is 0 Å². The summed E-state index contributed by atoms with van der Waals surface area (Å²) in [7, 11) is 0. The minimum Gasteiger partial charge on any atom is -0.501 e. The number of aromatic nitrogens is 3. The first-order chi connectivity index (χ1) is 37.5. The largest absolute Gasteiger partial charge is 0.501 e. The molecule has 0 spiro atoms. The van der Waals surface area contributed by atoms with Crippen LogP contribution in [-0.2, 0) is 25.5 Å². The van der Waals surface area contributed by atoms with Gasteiger partial charge in [-0.1, -0.05) is 165 Å². The quantitative estimate of drug-likeness (QED) is 0.123. The Bertz CT molecular complexity index is 4080. The number of nitrogens with zero attached hydrogens (tertiary/aromatic N) is 3. The molecular formula is C64H59IrN3O-2. The van der Waals surface area contributed by atoms with E-state index in [2.05, 4.69) is 128 Å². The van der Waals surface area contributed by atoms with E-state index in [0.29, 0.717) is 44.8 Å². The van der Waals surface area contributed by atoms with Crippen molar-refractivity contribution in [1.82, 2.24) is 14.5 Å². The van der Waals surface area contributed by atoms with Crippen LogP contribution in [0.25, 0.3) is 94.0 Å². The molecule has 0 fully saturated rings. The van der Waals surface area contributed by atoms with Crippen LogP contribution >= 0.6 is 0 Å². The standard InChI is InChI=1S/C46H37N2O.C18H22N.Ir/c1-27(2)36-24-33(30-13-7-6-8-14-30)25-37(28(3)4)44(36)48-41-18-12-11-17-40(41)47-46(48)35-22-19-29(5)43-39-23-32-21-20-31-15-9-10-16-34(31)38(32)26-42(39)49-45(35)43;1-12-7-8-15(9-13(12)2)17-10-16(18(4,5)6)14(3)11-19-17;/h6-21,23-28H,1-5H3;7-8,10-11H,1-6H3;/q2*-1;/i5D3;1D3,2D3,3D3;. The van der Waals surface area contributed by atoms with E-state index in [-0.39, 0.29) is 54.2 Å². The van der Waals surface area contributed by atoms with Crippen LogP contribution in [0.3, 0.4) is 0 Å². The van der Waals surface area contributed by atoms with Gasteiger partial charge in [0.15, 0.2) is 0 Å². The van der Waals surface area contributed by atoms with E-state index in [9.17, 15) is 0 Å². The SMILES string of the molecule is [2H]C([2H])([2H])c1[c-]c(-c2cc(C(C)(C)C)c(C([2H])([2H])[2H])cn2)ccc1C([2H])([2H])[2H].[2H]C([2H])([2H])c1c[c-]c(-c2nc3ccccc3n2-c2c(C(C)C)cc(-c3ccccc3)cc2C(C)C)c2oc3cc4c(ccc5ccccc54)cc3c12.[Ir]. The Morgan fingerprint density at radius 3 is 2.09 bits per heavy atom. The van der Waals surface area contributed by atoms with Gasteiger partial charge < -0.3 is 14.0 Å². The van der Waals surface area contributed by atoms with Crippen molar-refractivity contribution in [2.75, 3.05) is 0 Å². The van der Waals surface area contributed by atoms with Crippen molar-refractivity contribution in [3.05, 3.63) is 197 Å². The number of fused-ring (bicyclic) bond motifs is 7. The summed E-state index contributed by atoms with van der Waals surface area (Å²) in [6, 6.07) is 52.0. The fourth-order valence-corrected chi connectivity index (χ4v) is 9.39. The van der Waals surface area contributed by atoms with E-state index in [1.54, 1.807) is 12.1 Å². The first-order valence-corrected chi connectivity index (χ1v) is 23.0. The molecule has 5 heteroatoms. The van der Waals surface area contributed by atoms with Gasteiger partial charge in [0.1, 0.15) is 5.58 Å². The Morgan fingerprint density at radius 1 is 0.652 bits per heavy atom. The van der Waals surface area contributed by atoms with Crippen LogP contribution in [-0.4, -0.2) is 14.5 Å². The van der Waals surface area contributed by atoms with Gasteiger partial charge in [-0.25, -0.2) is 0 Å². The molecule has 3 heterocycles. The summed E-state index contributed by atoms with van der Waals surface area (Å²) in [6.45, 7) is 4.58. The fourth-order valence-electron chi connectivity index (χ4n) is 9.39. The van der Waals surface area contributed by atoms with Crippen molar-refractivity contribution in [2.45, 2.75) is 93.1 Å². The number of pyridine rings is 1. The smallest absolute Gasteiger partial charge is 0.121 e. The maximum atomic E-state index is 8.57. The molecule has 0 bridgehead atoms. The molecule has 0 N–H and O–H groups in total. The van der Waals surface area contributed by atoms with Crippen LogP contribution in [0.1, 0.15) is 116 Å². The molecule has 0 amide bonds. The predicted octanol–water partition coefficient (Wildman–Crippen LogP) is 17.7. The van der Waals surface area contributed by atoms with Crippen LogP contribution < -0.4 is 0 Å². The summed E-state index contributed by atoms with van der Waals surface area (Å²) in [6.07, 6.45) is 1.27. The number of hydrogen-bond acceptors (Lipinski definition) is 3. The van der Waals surface area contributed by atoms with E-state index in [1.807, 2.05) is 57.2 Å². The van der Waals surface area contributed by atoms with E-state index in [1.165, 1.54) is 40.6 Å². The second-order valence-corrected chi connectivity index (χ2v) is 19.2. The molecule has 1 radical (unpaired) electrons. The van der Waals surface area contributed by atoms with Crippen LogP contribution in [0.4, 0.5) is 0 Å². The van der Waals surface area contributed by atoms with Gasteiger partial charge in [0.2, 0.25) is 0 Å². The molecule has 0 saturated heterocycles. The van der Waals surface area contributed by atoms with Gasteiger partial charge >= 0.3 is 0 Å². The first-order valence-electron chi connectivity index (χ1n) is 29.0. The molecule has 11 rings (SSSR count). The third-order valence-electron chi connectivity index (χ3n) is 12.9. The zero-order valence-corrected chi connectivity index (χ0v) is 42.0. The topological polar surface area (TPSA) is 43.9 Å². The van der Waals surface area contributed by atoms with Crippen molar-refractivity contribution >= 4 is 54.5 Å². The molecule has 0 aliphatic rings. The molecule has 0 atom stereocenters. The molecule has 3 aromatic heterocycles. The zero-order valence-electron chi connectivity index (χ0n) is 51.6. The van der Waals surface area contributed by atoms with E-state index in [0.717, 1.165) is 43.7 Å². The van der Waals surface area contributed by atoms with Gasteiger partial charge in [-0.05, 0) is 121 Å². The molecule has 347 valence electrons. The summed E-state index contributed by atoms with van der Waals surface area (Å²) in [5.74, 6) is 1.05. The molecular weight excluding hydrogens is 1020 g/mol. The molecule has 8 aromatic carbocycles. The number of furan rings is 1. The van der Waals surface area contributed by atoms with Gasteiger partial charge in [-0.15, -0.1) is 52.6 Å². The Hall–Kier alpha value is -6.65. The predicted molar refractivity (Wildman–Crippen MR) is 287 cm³/mol. The normalized spacial score (nSPS) is 15.1. The molecule has 0 aliphatic heterocycles. The third-order valence-corrected chi connectivity index (χ3v) is 12.9. The van der Waals surface area contributed by atoms with Crippen molar-refractivity contribution in [2.24, 2.45) is 0 Å². The van der Waals surface area contributed by atoms with E-state index in [4.69, 9.17) is 25.9 Å². The van der Waals surface area contributed by atoms with Crippen molar-refractivity contribution < 1.29 is 41.0 Å². The van der Waals surface area contributed by atoms with Gasteiger partial charge in [-0.3, -0.25) is 4.98 Å². The van der Waals surface area contributed by atoms with Gasteiger partial charge in [-0.2, -0.15) is 0 Å². The van der Waals surface area contributed by atoms with Gasteiger partial charge in [0.25, 0.3) is 0 Å². The second-order valence-electron chi connectivity index (χ2n) is 19.2. The Balaban J connectivity index is 0.000000233. The minimum absolute atomic E-state index is 0. The number of para-hydroxylation sites is 2. The van der Waals surface area contributed by atoms with E-state index >= 15 is 0 Å². The number of aryl methyl sites for hydroxylation is 4. The number of benzene rings is 8. The summed E-state index contributed by atoms with van der Waals surface area (Å²) in [4.78, 5) is 9.47. The molecule has 11 aromatic rings. The van der Waals surface area contributed by atoms with Crippen LogP contribution in [0, 0.1) is 39.5 Å². The summed E-state index contributed by atoms with van der Waals surface area (Å²) < 4.78 is 104. The number of rotatable bonds is 6. The molecule has 69 heavy (non-hydrogen) atoms.